The summed E-state index contributed by atoms with van der Waals surface area (Å²) in [5, 5.41) is 0. The van der Waals surface area contributed by atoms with Crippen molar-refractivity contribution in [3.05, 3.63) is 29.8 Å². The van der Waals surface area contributed by atoms with Crippen molar-refractivity contribution < 1.29 is 4.79 Å². The van der Waals surface area contributed by atoms with E-state index >= 15 is 0 Å². The molecule has 0 unspecified atom stereocenters. The molecule has 0 saturated heterocycles. The van der Waals surface area contributed by atoms with Gasteiger partial charge in [0.25, 0.3) is 0 Å². The van der Waals surface area contributed by atoms with Crippen LogP contribution in [0.1, 0.15) is 42.5 Å². The number of nitrogens with zero attached hydrogens (tertiary/aromatic N) is 1. The van der Waals surface area contributed by atoms with E-state index < -0.39 is 0 Å². The van der Waals surface area contributed by atoms with Crippen LogP contribution in [-0.4, -0.2) is 19.4 Å². The summed E-state index contributed by atoms with van der Waals surface area (Å²) >= 11 is 0. The number of anilines is 1. The fourth-order valence-electron chi connectivity index (χ4n) is 2.57. The molecule has 0 aromatic heterocycles. The average Bonchev–Trinajstić information content (AvgIpc) is 2.39. The molecule has 1 saturated carbocycles. The molecular formula is C14H19NO. The second-order valence-corrected chi connectivity index (χ2v) is 4.58. The SMILES string of the molecule is CN(c1ccccc1C=O)C1CCCCC1. The number of carbonyl (C=O) groups excluding carboxylic acids is 1. The van der Waals surface area contributed by atoms with Crippen molar-refractivity contribution in [3.8, 4) is 0 Å². The monoisotopic (exact) mass is 217 g/mol. The van der Waals surface area contributed by atoms with Gasteiger partial charge in [-0.15, -0.1) is 0 Å². The second kappa shape index (κ2) is 5.15. The minimum Gasteiger partial charge on any atom is -0.371 e. The fourth-order valence-corrected chi connectivity index (χ4v) is 2.57. The van der Waals surface area contributed by atoms with Gasteiger partial charge < -0.3 is 4.90 Å². The molecule has 2 heteroatoms. The van der Waals surface area contributed by atoms with Crippen LogP contribution < -0.4 is 4.90 Å². The molecule has 0 bridgehead atoms. The maximum Gasteiger partial charge on any atom is 0.152 e. The van der Waals surface area contributed by atoms with Crippen LogP contribution in [0.15, 0.2) is 24.3 Å². The standard InChI is InChI=1S/C14H19NO/c1-15(13-8-3-2-4-9-13)14-10-6-5-7-12(14)11-16/h5-7,10-11,13H,2-4,8-9H2,1H3. The van der Waals surface area contributed by atoms with Gasteiger partial charge in [0.05, 0.1) is 0 Å². The van der Waals surface area contributed by atoms with E-state index in [0.717, 1.165) is 17.5 Å². The van der Waals surface area contributed by atoms with Gasteiger partial charge >= 0.3 is 0 Å². The molecule has 0 atom stereocenters. The maximum absolute atomic E-state index is 11.0. The van der Waals surface area contributed by atoms with Crippen LogP contribution in [0.3, 0.4) is 0 Å². The van der Waals surface area contributed by atoms with Crippen LogP contribution >= 0.6 is 0 Å². The zero-order valence-electron chi connectivity index (χ0n) is 9.86. The Morgan fingerprint density at radius 3 is 2.56 bits per heavy atom. The summed E-state index contributed by atoms with van der Waals surface area (Å²) in [4.78, 5) is 13.3. The summed E-state index contributed by atoms with van der Waals surface area (Å²) in [6, 6.07) is 8.46. The summed E-state index contributed by atoms with van der Waals surface area (Å²) in [5.74, 6) is 0. The second-order valence-electron chi connectivity index (χ2n) is 4.58. The first-order valence-corrected chi connectivity index (χ1v) is 6.10. The predicted molar refractivity (Wildman–Crippen MR) is 67.1 cm³/mol. The molecule has 1 aliphatic carbocycles. The van der Waals surface area contributed by atoms with Crippen LogP contribution in [0.4, 0.5) is 5.69 Å². The molecule has 1 fully saturated rings. The van der Waals surface area contributed by atoms with Crippen molar-refractivity contribution >= 4 is 12.0 Å². The predicted octanol–water partition coefficient (Wildman–Crippen LogP) is 3.27. The van der Waals surface area contributed by atoms with Gasteiger partial charge in [-0.3, -0.25) is 4.79 Å². The normalized spacial score (nSPS) is 17.1. The molecule has 1 aromatic rings. The highest BCUT2D eigenvalue weighted by Crippen LogP contribution is 2.27. The van der Waals surface area contributed by atoms with E-state index in [1.165, 1.54) is 32.1 Å². The summed E-state index contributed by atoms with van der Waals surface area (Å²) in [7, 11) is 2.11. The Morgan fingerprint density at radius 1 is 1.19 bits per heavy atom. The first kappa shape index (κ1) is 11.2. The molecular weight excluding hydrogens is 198 g/mol. The lowest BCUT2D eigenvalue weighted by atomic mass is 9.94. The van der Waals surface area contributed by atoms with Crippen LogP contribution in [0.5, 0.6) is 0 Å². The van der Waals surface area contributed by atoms with E-state index in [4.69, 9.17) is 0 Å². The van der Waals surface area contributed by atoms with E-state index in [1.54, 1.807) is 0 Å². The van der Waals surface area contributed by atoms with Gasteiger partial charge in [-0.2, -0.15) is 0 Å². The Kier molecular flexibility index (Phi) is 3.60. The minimum atomic E-state index is 0.606. The molecule has 86 valence electrons. The smallest absolute Gasteiger partial charge is 0.152 e. The quantitative estimate of drug-likeness (QED) is 0.724. The van der Waals surface area contributed by atoms with Gasteiger partial charge in [-0.05, 0) is 25.0 Å². The first-order chi connectivity index (χ1) is 7.83. The Hall–Kier alpha value is -1.31. The number of hydrogen-bond donors (Lipinski definition) is 0. The van der Waals surface area contributed by atoms with Crippen molar-refractivity contribution in [2.45, 2.75) is 38.1 Å². The molecule has 16 heavy (non-hydrogen) atoms. The minimum absolute atomic E-state index is 0.606. The highest BCUT2D eigenvalue weighted by molar-refractivity contribution is 5.84. The van der Waals surface area contributed by atoms with Crippen molar-refractivity contribution in [2.75, 3.05) is 11.9 Å². The topological polar surface area (TPSA) is 20.3 Å². The van der Waals surface area contributed by atoms with Crippen LogP contribution in [0.2, 0.25) is 0 Å². The molecule has 0 heterocycles. The van der Waals surface area contributed by atoms with Crippen LogP contribution in [-0.2, 0) is 0 Å². The summed E-state index contributed by atoms with van der Waals surface area (Å²) in [5.41, 5.74) is 1.87. The zero-order valence-corrected chi connectivity index (χ0v) is 9.86. The Labute approximate surface area is 97.3 Å². The zero-order chi connectivity index (χ0) is 11.4. The lowest BCUT2D eigenvalue weighted by Gasteiger charge is -2.33. The number of para-hydroxylation sites is 1. The molecule has 0 radical (unpaired) electrons. The number of carbonyl (C=O) groups is 1. The Morgan fingerprint density at radius 2 is 1.88 bits per heavy atom. The van der Waals surface area contributed by atoms with Crippen molar-refractivity contribution in [2.24, 2.45) is 0 Å². The molecule has 0 N–H and O–H groups in total. The van der Waals surface area contributed by atoms with E-state index in [9.17, 15) is 4.79 Å². The third-order valence-corrected chi connectivity index (χ3v) is 3.57. The van der Waals surface area contributed by atoms with Crippen molar-refractivity contribution in [1.29, 1.82) is 0 Å². The lowest BCUT2D eigenvalue weighted by molar-refractivity contribution is 0.112. The third kappa shape index (κ3) is 2.26. The first-order valence-electron chi connectivity index (χ1n) is 6.10. The Bertz CT molecular complexity index is 356. The van der Waals surface area contributed by atoms with Crippen LogP contribution in [0, 0.1) is 0 Å². The number of benzene rings is 1. The van der Waals surface area contributed by atoms with E-state index in [1.807, 2.05) is 24.3 Å². The molecule has 2 nitrogen and oxygen atoms in total. The van der Waals surface area contributed by atoms with Crippen molar-refractivity contribution in [1.82, 2.24) is 0 Å². The average molecular weight is 217 g/mol. The van der Waals surface area contributed by atoms with Crippen LogP contribution in [0.25, 0.3) is 0 Å². The molecule has 1 aromatic carbocycles. The van der Waals surface area contributed by atoms with Gasteiger partial charge in [-0.1, -0.05) is 31.4 Å². The number of hydrogen-bond acceptors (Lipinski definition) is 2. The highest BCUT2D eigenvalue weighted by atomic mass is 16.1. The largest absolute Gasteiger partial charge is 0.371 e. The third-order valence-electron chi connectivity index (χ3n) is 3.57. The molecule has 0 spiro atoms. The molecule has 1 aliphatic rings. The summed E-state index contributed by atoms with van der Waals surface area (Å²) < 4.78 is 0. The Balaban J connectivity index is 2.18. The number of aldehydes is 1. The number of rotatable bonds is 3. The molecule has 0 aliphatic heterocycles. The van der Waals surface area contributed by atoms with Gasteiger partial charge in [0.15, 0.2) is 6.29 Å². The molecule has 2 rings (SSSR count). The fraction of sp³-hybridized carbons (Fsp3) is 0.500. The van der Waals surface area contributed by atoms with E-state index in [0.29, 0.717) is 6.04 Å². The van der Waals surface area contributed by atoms with Crippen molar-refractivity contribution in [3.63, 3.8) is 0 Å². The molecule has 0 amide bonds. The maximum atomic E-state index is 11.0. The van der Waals surface area contributed by atoms with Gasteiger partial charge in [0.2, 0.25) is 0 Å². The van der Waals surface area contributed by atoms with E-state index in [-0.39, 0.29) is 0 Å². The van der Waals surface area contributed by atoms with Gasteiger partial charge in [0, 0.05) is 24.3 Å². The van der Waals surface area contributed by atoms with E-state index in [2.05, 4.69) is 11.9 Å². The summed E-state index contributed by atoms with van der Waals surface area (Å²) in [6.45, 7) is 0. The lowest BCUT2D eigenvalue weighted by Crippen LogP contribution is -2.33. The van der Waals surface area contributed by atoms with Gasteiger partial charge in [-0.25, -0.2) is 0 Å². The highest BCUT2D eigenvalue weighted by Gasteiger charge is 2.19. The van der Waals surface area contributed by atoms with Gasteiger partial charge in [0.1, 0.15) is 0 Å². The summed E-state index contributed by atoms with van der Waals surface area (Å²) in [6.07, 6.45) is 7.46.